The molecule has 0 fully saturated rings. The molecule has 0 atom stereocenters. The normalized spacial score (nSPS) is 10.7. The predicted octanol–water partition coefficient (Wildman–Crippen LogP) is 3.59. The van der Waals surface area contributed by atoms with Crippen LogP contribution in [0, 0.1) is 10.8 Å². The summed E-state index contributed by atoms with van der Waals surface area (Å²) in [7, 11) is 0. The van der Waals surface area contributed by atoms with Crippen LogP contribution in [0.4, 0.5) is 0 Å². The highest BCUT2D eigenvalue weighted by Crippen LogP contribution is 2.22. The summed E-state index contributed by atoms with van der Waals surface area (Å²) in [5, 5.41) is 15.7. The molecule has 6 heteroatoms. The number of rotatable bonds is 4. The minimum atomic E-state index is 0. The molecule has 0 unspecified atom stereocenters. The van der Waals surface area contributed by atoms with Crippen molar-refractivity contribution in [3.05, 3.63) is 71.0 Å². The molecule has 0 bridgehead atoms. The molecular weight excluding hydrogens is 324 g/mol. The molecule has 3 aromatic rings. The smallest absolute Gasteiger partial charge is 0.134 e. The zero-order chi connectivity index (χ0) is 16.4. The maximum Gasteiger partial charge on any atom is 0.134 e. The number of hydrogen-bond donors (Lipinski definition) is 4. The van der Waals surface area contributed by atoms with E-state index in [4.69, 9.17) is 26.7 Å². The summed E-state index contributed by atoms with van der Waals surface area (Å²) in [5.74, 6) is 0.811. The summed E-state index contributed by atoms with van der Waals surface area (Å²) in [6.07, 6.45) is 3.80. The van der Waals surface area contributed by atoms with Crippen molar-refractivity contribution in [2.24, 2.45) is 11.5 Å². The van der Waals surface area contributed by atoms with Gasteiger partial charge in [0.2, 0.25) is 0 Å². The van der Waals surface area contributed by atoms with Crippen molar-refractivity contribution in [3.8, 4) is 0 Å². The molecule has 0 radical (unpaired) electrons. The molecule has 0 amide bonds. The van der Waals surface area contributed by atoms with E-state index in [1.807, 2.05) is 42.5 Å². The quantitative estimate of drug-likeness (QED) is 0.430. The number of nitrogens with one attached hydrogen (secondary N) is 2. The molecule has 0 saturated carbocycles. The van der Waals surface area contributed by atoms with Crippen molar-refractivity contribution in [1.82, 2.24) is 0 Å². The van der Waals surface area contributed by atoms with Gasteiger partial charge >= 0.3 is 0 Å². The zero-order valence-electron chi connectivity index (χ0n) is 12.7. The third kappa shape index (κ3) is 3.64. The standard InChI is InChI=1S/C18H16N4O.ClH/c19-17(20)12-4-1-11(2-5-12)3-7-15-10-14-9-13(18(21)22)6-8-16(14)23-15;/h1-10H,(H3,19,20)(H3,21,22);1H/b7-3+;. The number of furan rings is 1. The summed E-state index contributed by atoms with van der Waals surface area (Å²) in [4.78, 5) is 0. The molecule has 0 aliphatic carbocycles. The maximum absolute atomic E-state index is 7.47. The summed E-state index contributed by atoms with van der Waals surface area (Å²) >= 11 is 0. The Kier molecular flexibility index (Phi) is 5.06. The summed E-state index contributed by atoms with van der Waals surface area (Å²) in [5.41, 5.74) is 14.0. The highest BCUT2D eigenvalue weighted by atomic mass is 35.5. The monoisotopic (exact) mass is 340 g/mol. The molecule has 5 nitrogen and oxygen atoms in total. The van der Waals surface area contributed by atoms with Crippen LogP contribution in [0.15, 0.2) is 52.9 Å². The van der Waals surface area contributed by atoms with E-state index >= 15 is 0 Å². The Balaban J connectivity index is 0.00000208. The number of nitrogens with two attached hydrogens (primary N) is 2. The highest BCUT2D eigenvalue weighted by molar-refractivity contribution is 5.98. The van der Waals surface area contributed by atoms with Crippen molar-refractivity contribution < 1.29 is 4.42 Å². The van der Waals surface area contributed by atoms with Crippen LogP contribution in [0.5, 0.6) is 0 Å². The molecule has 0 saturated heterocycles. The number of benzene rings is 2. The van der Waals surface area contributed by atoms with Crippen LogP contribution in [0.25, 0.3) is 23.1 Å². The maximum atomic E-state index is 7.47. The van der Waals surface area contributed by atoms with Gasteiger partial charge in [0.05, 0.1) is 0 Å². The van der Waals surface area contributed by atoms with Gasteiger partial charge in [0.1, 0.15) is 23.0 Å². The summed E-state index contributed by atoms with van der Waals surface area (Å²) in [6.45, 7) is 0. The Morgan fingerprint density at radius 1 is 0.833 bits per heavy atom. The van der Waals surface area contributed by atoms with Gasteiger partial charge in [-0.3, -0.25) is 10.8 Å². The SMILES string of the molecule is Cl.N=C(N)c1ccc(/C=C/c2cc3cc(C(=N)N)ccc3o2)cc1. The Bertz CT molecular complexity index is 926. The van der Waals surface area contributed by atoms with E-state index < -0.39 is 0 Å². The van der Waals surface area contributed by atoms with Gasteiger partial charge in [0.15, 0.2) is 0 Å². The first kappa shape index (κ1) is 17.3. The van der Waals surface area contributed by atoms with Crippen molar-refractivity contribution in [2.45, 2.75) is 0 Å². The molecule has 3 rings (SSSR count). The van der Waals surface area contributed by atoms with Crippen molar-refractivity contribution >= 4 is 47.2 Å². The van der Waals surface area contributed by atoms with Gasteiger partial charge < -0.3 is 15.9 Å². The predicted molar refractivity (Wildman–Crippen MR) is 101 cm³/mol. The number of hydrogen-bond acceptors (Lipinski definition) is 3. The topological polar surface area (TPSA) is 113 Å². The largest absolute Gasteiger partial charge is 0.457 e. The molecule has 122 valence electrons. The molecule has 2 aromatic carbocycles. The van der Waals surface area contributed by atoms with E-state index in [1.54, 1.807) is 18.2 Å². The molecule has 0 spiro atoms. The van der Waals surface area contributed by atoms with Gasteiger partial charge in [-0.25, -0.2) is 0 Å². The second-order valence-corrected chi connectivity index (χ2v) is 5.18. The second-order valence-electron chi connectivity index (χ2n) is 5.18. The lowest BCUT2D eigenvalue weighted by Gasteiger charge is -1.98. The zero-order valence-corrected chi connectivity index (χ0v) is 13.6. The molecular formula is C18H17ClN4O. The van der Waals surface area contributed by atoms with Crippen molar-refractivity contribution in [3.63, 3.8) is 0 Å². The summed E-state index contributed by atoms with van der Waals surface area (Å²) in [6, 6.07) is 14.7. The van der Waals surface area contributed by atoms with Gasteiger partial charge in [0.25, 0.3) is 0 Å². The minimum Gasteiger partial charge on any atom is -0.457 e. The number of halogens is 1. The van der Waals surface area contributed by atoms with Crippen LogP contribution in [0.2, 0.25) is 0 Å². The average molecular weight is 341 g/mol. The Hall–Kier alpha value is -3.05. The van der Waals surface area contributed by atoms with Gasteiger partial charge in [0, 0.05) is 16.5 Å². The number of amidine groups is 2. The molecule has 1 heterocycles. The average Bonchev–Trinajstić information content (AvgIpc) is 2.95. The van der Waals surface area contributed by atoms with Crippen LogP contribution in [-0.4, -0.2) is 11.7 Å². The Morgan fingerprint density at radius 2 is 1.46 bits per heavy atom. The third-order valence-electron chi connectivity index (χ3n) is 3.51. The van der Waals surface area contributed by atoms with Gasteiger partial charge in [-0.05, 0) is 35.9 Å². The lowest BCUT2D eigenvalue weighted by Crippen LogP contribution is -2.10. The fourth-order valence-corrected chi connectivity index (χ4v) is 2.27. The second kappa shape index (κ2) is 7.02. The molecule has 0 aliphatic rings. The van der Waals surface area contributed by atoms with E-state index in [0.717, 1.165) is 22.3 Å². The van der Waals surface area contributed by atoms with E-state index in [0.29, 0.717) is 11.1 Å². The van der Waals surface area contributed by atoms with Crippen LogP contribution >= 0.6 is 12.4 Å². The number of fused-ring (bicyclic) bond motifs is 1. The van der Waals surface area contributed by atoms with E-state index in [2.05, 4.69) is 0 Å². The molecule has 24 heavy (non-hydrogen) atoms. The lowest BCUT2D eigenvalue weighted by atomic mass is 10.1. The fourth-order valence-electron chi connectivity index (χ4n) is 2.27. The lowest BCUT2D eigenvalue weighted by molar-refractivity contribution is 0.604. The fraction of sp³-hybridized carbons (Fsp3) is 0. The summed E-state index contributed by atoms with van der Waals surface area (Å²) < 4.78 is 5.73. The first-order valence-corrected chi connectivity index (χ1v) is 7.03. The van der Waals surface area contributed by atoms with Crippen molar-refractivity contribution in [2.75, 3.05) is 0 Å². The molecule has 1 aromatic heterocycles. The molecule has 6 N–H and O–H groups in total. The first-order chi connectivity index (χ1) is 11.0. The van der Waals surface area contributed by atoms with Crippen LogP contribution in [0.3, 0.4) is 0 Å². The van der Waals surface area contributed by atoms with Crippen LogP contribution in [-0.2, 0) is 0 Å². The van der Waals surface area contributed by atoms with Crippen LogP contribution < -0.4 is 11.5 Å². The van der Waals surface area contributed by atoms with Gasteiger partial charge in [-0.2, -0.15) is 0 Å². The minimum absolute atomic E-state index is 0. The van der Waals surface area contributed by atoms with E-state index in [-0.39, 0.29) is 24.1 Å². The van der Waals surface area contributed by atoms with Crippen LogP contribution in [0.1, 0.15) is 22.5 Å². The van der Waals surface area contributed by atoms with Gasteiger partial charge in [-0.1, -0.05) is 30.3 Å². The first-order valence-electron chi connectivity index (χ1n) is 7.03. The molecule has 0 aliphatic heterocycles. The van der Waals surface area contributed by atoms with E-state index in [9.17, 15) is 0 Å². The van der Waals surface area contributed by atoms with E-state index in [1.165, 1.54) is 0 Å². The Labute approximate surface area is 145 Å². The van der Waals surface area contributed by atoms with Crippen molar-refractivity contribution in [1.29, 1.82) is 10.8 Å². The number of nitrogen functional groups attached to an aromatic ring is 2. The Morgan fingerprint density at radius 3 is 2.08 bits per heavy atom. The van der Waals surface area contributed by atoms with Gasteiger partial charge in [-0.15, -0.1) is 12.4 Å². The third-order valence-corrected chi connectivity index (χ3v) is 3.51. The highest BCUT2D eigenvalue weighted by Gasteiger charge is 2.04.